The molecule has 1 amide bonds. The summed E-state index contributed by atoms with van der Waals surface area (Å²) in [6.07, 6.45) is 2.53. The van der Waals surface area contributed by atoms with Crippen LogP contribution in [-0.2, 0) is 21.2 Å². The highest BCUT2D eigenvalue weighted by Crippen LogP contribution is 2.39. The number of para-hydroxylation sites is 1. The Hall–Kier alpha value is -1.78. The third-order valence-corrected chi connectivity index (χ3v) is 8.21. The minimum absolute atomic E-state index is 0.0118. The molecule has 1 N–H and O–H groups in total. The molecular formula is C19H23ClN4O4S2. The van der Waals surface area contributed by atoms with E-state index in [-0.39, 0.29) is 30.1 Å². The molecule has 0 bridgehead atoms. The molecule has 2 fully saturated rings. The Balaban J connectivity index is 1.40. The SMILES string of the molecule is C[C@H](Sc1nnc(COc2ccccc2Cl)n1C1CC1)C(=O)N[C@H]1CCS(=O)(=O)C1. The summed E-state index contributed by atoms with van der Waals surface area (Å²) in [5, 5.41) is 12.2. The van der Waals surface area contributed by atoms with E-state index in [0.717, 1.165) is 12.8 Å². The largest absolute Gasteiger partial charge is 0.484 e. The number of sulfone groups is 1. The summed E-state index contributed by atoms with van der Waals surface area (Å²) in [5.41, 5.74) is 0. The maximum atomic E-state index is 12.5. The van der Waals surface area contributed by atoms with Gasteiger partial charge in [-0.1, -0.05) is 35.5 Å². The molecule has 0 radical (unpaired) electrons. The highest BCUT2D eigenvalue weighted by Gasteiger charge is 2.33. The van der Waals surface area contributed by atoms with E-state index < -0.39 is 15.1 Å². The number of rotatable bonds is 8. The van der Waals surface area contributed by atoms with Gasteiger partial charge < -0.3 is 10.1 Å². The summed E-state index contributed by atoms with van der Waals surface area (Å²) in [4.78, 5) is 12.5. The number of halogens is 1. The molecule has 2 aromatic rings. The van der Waals surface area contributed by atoms with Gasteiger partial charge in [0.25, 0.3) is 0 Å². The van der Waals surface area contributed by atoms with Crippen LogP contribution in [0, 0.1) is 0 Å². The summed E-state index contributed by atoms with van der Waals surface area (Å²) in [6, 6.07) is 7.24. The number of carbonyl (C=O) groups is 1. The summed E-state index contributed by atoms with van der Waals surface area (Å²) in [6.45, 7) is 2.02. The van der Waals surface area contributed by atoms with Crippen LogP contribution in [0.2, 0.25) is 5.02 Å². The van der Waals surface area contributed by atoms with Crippen molar-refractivity contribution < 1.29 is 17.9 Å². The lowest BCUT2D eigenvalue weighted by molar-refractivity contribution is -0.120. The van der Waals surface area contributed by atoms with Crippen LogP contribution in [-0.4, -0.2) is 51.9 Å². The maximum absolute atomic E-state index is 12.5. The summed E-state index contributed by atoms with van der Waals surface area (Å²) < 4.78 is 31.0. The van der Waals surface area contributed by atoms with Crippen molar-refractivity contribution in [2.45, 2.75) is 55.3 Å². The molecule has 1 saturated heterocycles. The predicted octanol–water partition coefficient (Wildman–Crippen LogP) is 2.63. The second kappa shape index (κ2) is 8.76. The molecule has 2 aliphatic rings. The maximum Gasteiger partial charge on any atom is 0.233 e. The van der Waals surface area contributed by atoms with Crippen LogP contribution >= 0.6 is 23.4 Å². The van der Waals surface area contributed by atoms with Crippen molar-refractivity contribution in [1.29, 1.82) is 0 Å². The van der Waals surface area contributed by atoms with Gasteiger partial charge in [0.1, 0.15) is 12.4 Å². The molecule has 30 heavy (non-hydrogen) atoms. The lowest BCUT2D eigenvalue weighted by Crippen LogP contribution is -2.40. The van der Waals surface area contributed by atoms with Crippen molar-refractivity contribution in [2.75, 3.05) is 11.5 Å². The Labute approximate surface area is 184 Å². The molecule has 162 valence electrons. The summed E-state index contributed by atoms with van der Waals surface area (Å²) in [7, 11) is -3.04. The van der Waals surface area contributed by atoms with Gasteiger partial charge in [-0.2, -0.15) is 0 Å². The van der Waals surface area contributed by atoms with E-state index in [1.54, 1.807) is 19.1 Å². The van der Waals surface area contributed by atoms with Crippen LogP contribution in [0.3, 0.4) is 0 Å². The molecular weight excluding hydrogens is 448 g/mol. The standard InChI is InChI=1S/C19H23ClN4O4S2/c1-12(18(25)21-13-8-9-30(26,27)11-13)29-19-23-22-17(24(19)14-6-7-14)10-28-16-5-3-2-4-15(16)20/h2-5,12-14H,6-11H2,1H3,(H,21,25)/t12-,13-/m0/s1. The minimum atomic E-state index is -3.04. The Morgan fingerprint density at radius 3 is 2.77 bits per heavy atom. The molecule has 0 spiro atoms. The molecule has 2 heterocycles. The van der Waals surface area contributed by atoms with Crippen molar-refractivity contribution in [3.05, 3.63) is 35.1 Å². The number of aromatic nitrogens is 3. The van der Waals surface area contributed by atoms with E-state index in [2.05, 4.69) is 15.5 Å². The van der Waals surface area contributed by atoms with Gasteiger partial charge in [0, 0.05) is 12.1 Å². The van der Waals surface area contributed by atoms with Crippen LogP contribution in [0.4, 0.5) is 0 Å². The molecule has 1 aromatic heterocycles. The number of nitrogens with one attached hydrogen (secondary N) is 1. The fraction of sp³-hybridized carbons (Fsp3) is 0.526. The van der Waals surface area contributed by atoms with Gasteiger partial charge in [0.2, 0.25) is 5.91 Å². The number of hydrogen-bond acceptors (Lipinski definition) is 7. The normalized spacial score (nSPS) is 21.3. The van der Waals surface area contributed by atoms with E-state index >= 15 is 0 Å². The first kappa shape index (κ1) is 21.5. The number of ether oxygens (including phenoxy) is 1. The van der Waals surface area contributed by atoms with Gasteiger partial charge in [-0.3, -0.25) is 9.36 Å². The van der Waals surface area contributed by atoms with Gasteiger partial charge >= 0.3 is 0 Å². The van der Waals surface area contributed by atoms with Crippen molar-refractivity contribution >= 4 is 39.1 Å². The highest BCUT2D eigenvalue weighted by molar-refractivity contribution is 8.00. The number of hydrogen-bond donors (Lipinski definition) is 1. The van der Waals surface area contributed by atoms with E-state index in [1.807, 2.05) is 16.7 Å². The lowest BCUT2D eigenvalue weighted by Gasteiger charge is -2.16. The molecule has 1 aromatic carbocycles. The van der Waals surface area contributed by atoms with E-state index in [9.17, 15) is 13.2 Å². The number of nitrogens with zero attached hydrogens (tertiary/aromatic N) is 3. The highest BCUT2D eigenvalue weighted by atomic mass is 35.5. The smallest absolute Gasteiger partial charge is 0.233 e. The van der Waals surface area contributed by atoms with E-state index in [1.165, 1.54) is 11.8 Å². The second-order valence-electron chi connectivity index (χ2n) is 7.59. The Morgan fingerprint density at radius 2 is 2.10 bits per heavy atom. The minimum Gasteiger partial charge on any atom is -0.484 e. The molecule has 4 rings (SSSR count). The Kier molecular flexibility index (Phi) is 6.26. The summed E-state index contributed by atoms with van der Waals surface area (Å²) in [5.74, 6) is 1.22. The average molecular weight is 471 g/mol. The fourth-order valence-electron chi connectivity index (χ4n) is 3.33. The molecule has 2 atom stereocenters. The molecule has 11 heteroatoms. The lowest BCUT2D eigenvalue weighted by atomic mass is 10.2. The van der Waals surface area contributed by atoms with Crippen LogP contribution in [0.25, 0.3) is 0 Å². The number of thioether (sulfide) groups is 1. The molecule has 1 aliphatic heterocycles. The number of amides is 1. The fourth-order valence-corrected chi connectivity index (χ4v) is 6.14. The number of carbonyl (C=O) groups excluding carboxylic acids is 1. The van der Waals surface area contributed by atoms with Gasteiger partial charge in [-0.25, -0.2) is 8.42 Å². The molecule has 1 aliphatic carbocycles. The number of benzene rings is 1. The van der Waals surface area contributed by atoms with Crippen molar-refractivity contribution in [3.63, 3.8) is 0 Å². The van der Waals surface area contributed by atoms with E-state index in [0.29, 0.717) is 34.2 Å². The van der Waals surface area contributed by atoms with Gasteiger partial charge in [-0.15, -0.1) is 10.2 Å². The van der Waals surface area contributed by atoms with Crippen LogP contribution < -0.4 is 10.1 Å². The third-order valence-electron chi connectivity index (χ3n) is 5.07. The molecule has 8 nitrogen and oxygen atoms in total. The van der Waals surface area contributed by atoms with Gasteiger partial charge in [0.05, 0.1) is 21.8 Å². The van der Waals surface area contributed by atoms with Gasteiger partial charge in [0.15, 0.2) is 20.8 Å². The first-order valence-corrected chi connectivity index (χ1v) is 12.9. The Bertz CT molecular complexity index is 1040. The summed E-state index contributed by atoms with van der Waals surface area (Å²) >= 11 is 7.47. The van der Waals surface area contributed by atoms with Crippen LogP contribution in [0.15, 0.2) is 29.4 Å². The first-order valence-electron chi connectivity index (χ1n) is 9.81. The van der Waals surface area contributed by atoms with Crippen molar-refractivity contribution in [2.24, 2.45) is 0 Å². The zero-order valence-electron chi connectivity index (χ0n) is 16.5. The Morgan fingerprint density at radius 1 is 1.33 bits per heavy atom. The van der Waals surface area contributed by atoms with E-state index in [4.69, 9.17) is 16.3 Å². The third kappa shape index (κ3) is 5.09. The predicted molar refractivity (Wildman–Crippen MR) is 115 cm³/mol. The molecule has 0 unspecified atom stereocenters. The van der Waals surface area contributed by atoms with Crippen molar-refractivity contribution in [1.82, 2.24) is 20.1 Å². The zero-order chi connectivity index (χ0) is 21.3. The van der Waals surface area contributed by atoms with Gasteiger partial charge in [-0.05, 0) is 38.3 Å². The quantitative estimate of drug-likeness (QED) is 0.591. The van der Waals surface area contributed by atoms with Crippen molar-refractivity contribution in [3.8, 4) is 5.75 Å². The topological polar surface area (TPSA) is 103 Å². The molecule has 1 saturated carbocycles. The first-order chi connectivity index (χ1) is 14.3. The van der Waals surface area contributed by atoms with Crippen LogP contribution in [0.1, 0.15) is 38.1 Å². The monoisotopic (exact) mass is 470 g/mol. The zero-order valence-corrected chi connectivity index (χ0v) is 18.8. The average Bonchev–Trinajstić information content (AvgIpc) is 3.37. The second-order valence-corrected chi connectivity index (χ2v) is 11.5. The van der Waals surface area contributed by atoms with Crippen LogP contribution in [0.5, 0.6) is 5.75 Å².